The third-order valence-electron chi connectivity index (χ3n) is 3.48. The zero-order chi connectivity index (χ0) is 16.7. The van der Waals surface area contributed by atoms with Gasteiger partial charge in [0.2, 0.25) is 5.82 Å². The van der Waals surface area contributed by atoms with Gasteiger partial charge in [0.1, 0.15) is 17.0 Å². The number of rotatable bonds is 3. The van der Waals surface area contributed by atoms with Crippen LogP contribution in [0.1, 0.15) is 5.56 Å². The van der Waals surface area contributed by atoms with E-state index in [2.05, 4.69) is 4.98 Å². The Morgan fingerprint density at radius 1 is 1.30 bits per heavy atom. The van der Waals surface area contributed by atoms with E-state index in [0.717, 1.165) is 12.1 Å². The zero-order valence-corrected chi connectivity index (χ0v) is 12.2. The van der Waals surface area contributed by atoms with Crippen LogP contribution >= 0.6 is 0 Å². The van der Waals surface area contributed by atoms with Gasteiger partial charge in [-0.25, -0.2) is 9.37 Å². The smallest absolute Gasteiger partial charge is 0.305 e. The number of aromatic nitrogens is 2. The largest absolute Gasteiger partial charge is 0.457 e. The minimum Gasteiger partial charge on any atom is -0.457 e. The molecule has 0 aliphatic carbocycles. The fourth-order valence-electron chi connectivity index (χ4n) is 2.31. The second-order valence-electron chi connectivity index (χ2n) is 5.01. The highest BCUT2D eigenvalue weighted by Crippen LogP contribution is 2.33. The van der Waals surface area contributed by atoms with E-state index in [0.29, 0.717) is 11.0 Å². The van der Waals surface area contributed by atoms with E-state index in [-0.39, 0.29) is 17.1 Å². The van der Waals surface area contributed by atoms with Gasteiger partial charge in [-0.1, -0.05) is 0 Å². The molecule has 118 valence electrons. The van der Waals surface area contributed by atoms with Crippen LogP contribution in [0.25, 0.3) is 11.0 Å². The van der Waals surface area contributed by atoms with Crippen molar-refractivity contribution in [3.8, 4) is 11.5 Å². The lowest BCUT2D eigenvalue weighted by atomic mass is 10.2. The summed E-state index contributed by atoms with van der Waals surface area (Å²) >= 11 is 0. The molecule has 1 aromatic heterocycles. The quantitative estimate of drug-likeness (QED) is 0.543. The third-order valence-corrected chi connectivity index (χ3v) is 3.48. The molecule has 0 aliphatic rings. The summed E-state index contributed by atoms with van der Waals surface area (Å²) in [6.45, 7) is 1.35. The number of hydrogen-bond acceptors (Lipinski definition) is 4. The van der Waals surface area contributed by atoms with Crippen molar-refractivity contribution < 1.29 is 18.4 Å². The molecule has 0 fully saturated rings. The monoisotopic (exact) mass is 319 g/mol. The Labute approximate surface area is 129 Å². The lowest BCUT2D eigenvalue weighted by Gasteiger charge is -2.10. The molecule has 0 aliphatic heterocycles. The molecule has 0 radical (unpaired) electrons. The second kappa shape index (κ2) is 5.31. The summed E-state index contributed by atoms with van der Waals surface area (Å²) < 4.78 is 35.0. The summed E-state index contributed by atoms with van der Waals surface area (Å²) in [7, 11) is 1.66. The van der Waals surface area contributed by atoms with E-state index in [1.54, 1.807) is 7.05 Å². The second-order valence-corrected chi connectivity index (χ2v) is 5.01. The van der Waals surface area contributed by atoms with Crippen LogP contribution in [0.15, 0.2) is 30.6 Å². The van der Waals surface area contributed by atoms with Crippen molar-refractivity contribution in [3.63, 3.8) is 0 Å². The van der Waals surface area contributed by atoms with Crippen LogP contribution in [0, 0.1) is 28.7 Å². The van der Waals surface area contributed by atoms with Gasteiger partial charge in [0, 0.05) is 30.8 Å². The summed E-state index contributed by atoms with van der Waals surface area (Å²) in [6.07, 6.45) is 1.47. The van der Waals surface area contributed by atoms with Crippen molar-refractivity contribution >= 4 is 16.7 Å². The molecule has 3 aromatic rings. The first kappa shape index (κ1) is 14.9. The molecule has 6 nitrogen and oxygen atoms in total. The fourth-order valence-corrected chi connectivity index (χ4v) is 2.31. The average Bonchev–Trinajstić information content (AvgIpc) is 2.85. The van der Waals surface area contributed by atoms with Gasteiger partial charge in [-0.05, 0) is 13.0 Å². The number of benzene rings is 2. The summed E-state index contributed by atoms with van der Waals surface area (Å²) in [5.74, 6) is -1.31. The van der Waals surface area contributed by atoms with E-state index >= 15 is 0 Å². The molecule has 0 saturated heterocycles. The lowest BCUT2D eigenvalue weighted by molar-refractivity contribution is -0.387. The Hall–Kier alpha value is -3.03. The molecule has 0 atom stereocenters. The van der Waals surface area contributed by atoms with Gasteiger partial charge in [-0.3, -0.25) is 10.1 Å². The van der Waals surface area contributed by atoms with Crippen LogP contribution in [0.4, 0.5) is 14.5 Å². The Bertz CT molecular complexity index is 937. The first-order valence-electron chi connectivity index (χ1n) is 6.60. The minimum atomic E-state index is -0.980. The number of imidazole rings is 1. The highest BCUT2D eigenvalue weighted by molar-refractivity contribution is 5.77. The number of nitro benzene ring substituents is 1. The first-order chi connectivity index (χ1) is 10.9. The van der Waals surface area contributed by atoms with Crippen molar-refractivity contribution in [3.05, 3.63) is 57.9 Å². The summed E-state index contributed by atoms with van der Waals surface area (Å²) in [6, 6.07) is 4.95. The predicted octanol–water partition coefficient (Wildman–Crippen LogP) is 3.86. The zero-order valence-electron chi connectivity index (χ0n) is 12.2. The molecule has 0 bridgehead atoms. The molecule has 0 saturated carbocycles. The van der Waals surface area contributed by atoms with Crippen LogP contribution in [0.2, 0.25) is 0 Å². The molecular weight excluding hydrogens is 308 g/mol. The number of fused-ring (bicyclic) bond motifs is 1. The highest BCUT2D eigenvalue weighted by atomic mass is 19.1. The van der Waals surface area contributed by atoms with Crippen molar-refractivity contribution in [2.24, 2.45) is 7.05 Å². The molecule has 3 rings (SSSR count). The summed E-state index contributed by atoms with van der Waals surface area (Å²) in [5, 5.41) is 10.7. The van der Waals surface area contributed by atoms with Crippen LogP contribution in [0.3, 0.4) is 0 Å². The van der Waals surface area contributed by atoms with E-state index in [1.807, 2.05) is 0 Å². The van der Waals surface area contributed by atoms with Crippen molar-refractivity contribution in [2.45, 2.75) is 6.92 Å². The van der Waals surface area contributed by atoms with Crippen molar-refractivity contribution in [1.29, 1.82) is 0 Å². The van der Waals surface area contributed by atoms with Gasteiger partial charge in [-0.2, -0.15) is 4.39 Å². The van der Waals surface area contributed by atoms with Gasteiger partial charge >= 0.3 is 5.69 Å². The molecule has 0 N–H and O–H groups in total. The van der Waals surface area contributed by atoms with E-state index in [1.165, 1.54) is 30.0 Å². The molecular formula is C15H11F2N3O3. The number of aryl methyl sites for hydroxylation is 1. The molecule has 2 aromatic carbocycles. The first-order valence-corrected chi connectivity index (χ1v) is 6.60. The molecule has 23 heavy (non-hydrogen) atoms. The van der Waals surface area contributed by atoms with Gasteiger partial charge in [-0.15, -0.1) is 0 Å². The third kappa shape index (κ3) is 2.48. The highest BCUT2D eigenvalue weighted by Gasteiger charge is 2.20. The van der Waals surface area contributed by atoms with Crippen molar-refractivity contribution in [1.82, 2.24) is 9.55 Å². The van der Waals surface area contributed by atoms with Gasteiger partial charge in [0.15, 0.2) is 5.82 Å². The Kier molecular flexibility index (Phi) is 3.44. The number of nitro groups is 1. The average molecular weight is 319 g/mol. The van der Waals surface area contributed by atoms with Crippen molar-refractivity contribution in [2.75, 3.05) is 0 Å². The van der Waals surface area contributed by atoms with Gasteiger partial charge < -0.3 is 9.30 Å². The number of halogens is 2. The SMILES string of the molecule is Cc1c(Oc2cc(F)c3c(c2)ncn3C)ccc([N+](=O)[O-])c1F. The normalized spacial score (nSPS) is 11.0. The Morgan fingerprint density at radius 3 is 2.74 bits per heavy atom. The maximum Gasteiger partial charge on any atom is 0.305 e. The maximum absolute atomic E-state index is 14.1. The molecule has 1 heterocycles. The Morgan fingerprint density at radius 2 is 2.04 bits per heavy atom. The van der Waals surface area contributed by atoms with E-state index in [4.69, 9.17) is 4.74 Å². The fraction of sp³-hybridized carbons (Fsp3) is 0.133. The summed E-state index contributed by atoms with van der Waals surface area (Å²) in [5.41, 5.74) is 0.0495. The van der Waals surface area contributed by atoms with Crippen LogP contribution in [0.5, 0.6) is 11.5 Å². The molecule has 0 unspecified atom stereocenters. The molecule has 0 spiro atoms. The lowest BCUT2D eigenvalue weighted by Crippen LogP contribution is -1.98. The van der Waals surface area contributed by atoms with Gasteiger partial charge in [0.25, 0.3) is 0 Å². The van der Waals surface area contributed by atoms with Crippen LogP contribution < -0.4 is 4.74 Å². The Balaban J connectivity index is 2.02. The van der Waals surface area contributed by atoms with Gasteiger partial charge in [0.05, 0.1) is 16.8 Å². The minimum absolute atomic E-state index is 0.0271. The number of nitrogens with zero attached hydrogens (tertiary/aromatic N) is 3. The molecule has 8 heteroatoms. The predicted molar refractivity (Wildman–Crippen MR) is 78.5 cm³/mol. The van der Waals surface area contributed by atoms with E-state index in [9.17, 15) is 18.9 Å². The van der Waals surface area contributed by atoms with Crippen LogP contribution in [-0.2, 0) is 7.05 Å². The van der Waals surface area contributed by atoms with E-state index < -0.39 is 22.2 Å². The standard InChI is InChI=1S/C15H11F2N3O3/c1-8-13(4-3-12(14(8)17)20(21)22)23-9-5-10(16)15-11(6-9)18-7-19(15)2/h3-7H,1-2H3. The van der Waals surface area contributed by atoms with Crippen LogP contribution in [-0.4, -0.2) is 14.5 Å². The topological polar surface area (TPSA) is 70.2 Å². The summed E-state index contributed by atoms with van der Waals surface area (Å²) in [4.78, 5) is 13.9. The number of ether oxygens (including phenoxy) is 1. The maximum atomic E-state index is 14.1. The number of hydrogen-bond donors (Lipinski definition) is 0. The molecule has 0 amide bonds.